The van der Waals surface area contributed by atoms with Crippen molar-refractivity contribution in [3.05, 3.63) is 23.8 Å². The molecule has 1 fully saturated rings. The van der Waals surface area contributed by atoms with Crippen molar-refractivity contribution in [3.63, 3.8) is 0 Å². The highest BCUT2D eigenvalue weighted by Gasteiger charge is 2.25. The summed E-state index contributed by atoms with van der Waals surface area (Å²) in [6, 6.07) is 6.62. The first-order valence-corrected chi connectivity index (χ1v) is 7.36. The molecule has 0 saturated carbocycles. The van der Waals surface area contributed by atoms with Gasteiger partial charge < -0.3 is 15.1 Å². The molecule has 1 heterocycles. The minimum atomic E-state index is -0.0652. The number of carbonyl (C=O) groups excluding carboxylic acids is 2. The van der Waals surface area contributed by atoms with Gasteiger partial charge in [0, 0.05) is 44.0 Å². The third-order valence-electron chi connectivity index (χ3n) is 4.13. The number of hydrogen-bond acceptors (Lipinski definition) is 3. The number of nitrogens with one attached hydrogen (secondary N) is 1. The van der Waals surface area contributed by atoms with Gasteiger partial charge in [-0.2, -0.15) is 0 Å². The largest absolute Gasteiger partial charge is 0.368 e. The summed E-state index contributed by atoms with van der Waals surface area (Å²) in [5.74, 6) is -0.0652. The van der Waals surface area contributed by atoms with Gasteiger partial charge in [-0.25, -0.2) is 0 Å². The van der Waals surface area contributed by atoms with Crippen LogP contribution >= 0.6 is 0 Å². The summed E-state index contributed by atoms with van der Waals surface area (Å²) in [7, 11) is 1.60. The second-order valence-corrected chi connectivity index (χ2v) is 5.52. The molecule has 1 aromatic carbocycles. The second kappa shape index (κ2) is 6.61. The first-order valence-electron chi connectivity index (χ1n) is 7.36. The summed E-state index contributed by atoms with van der Waals surface area (Å²) < 4.78 is 0. The monoisotopic (exact) mass is 289 g/mol. The number of rotatable bonds is 6. The van der Waals surface area contributed by atoms with Gasteiger partial charge >= 0.3 is 0 Å². The molecule has 0 aromatic heterocycles. The normalized spacial score (nSPS) is 17.1. The first-order chi connectivity index (χ1) is 10.1. The maximum Gasteiger partial charge on any atom is 0.221 e. The van der Waals surface area contributed by atoms with Crippen LogP contribution in [0.25, 0.3) is 0 Å². The lowest BCUT2D eigenvalue weighted by Crippen LogP contribution is -2.46. The van der Waals surface area contributed by atoms with Crippen LogP contribution in [-0.4, -0.2) is 38.5 Å². The lowest BCUT2D eigenvalue weighted by molar-refractivity contribution is -0.120. The molecule has 1 unspecified atom stereocenters. The molecule has 0 bridgehead atoms. The van der Waals surface area contributed by atoms with Gasteiger partial charge in [0.25, 0.3) is 0 Å². The van der Waals surface area contributed by atoms with Gasteiger partial charge in [0.1, 0.15) is 0 Å². The molecule has 1 aliphatic rings. The van der Waals surface area contributed by atoms with Crippen LogP contribution in [0.2, 0.25) is 0 Å². The third-order valence-corrected chi connectivity index (χ3v) is 4.13. The molecule has 0 radical (unpaired) electrons. The Bertz CT molecular complexity index is 530. The topological polar surface area (TPSA) is 52.7 Å². The third kappa shape index (κ3) is 3.35. The maximum atomic E-state index is 11.3. The molecule has 114 valence electrons. The van der Waals surface area contributed by atoms with Crippen molar-refractivity contribution in [2.45, 2.75) is 32.7 Å². The van der Waals surface area contributed by atoms with E-state index in [4.69, 9.17) is 0 Å². The van der Waals surface area contributed by atoms with Crippen molar-refractivity contribution in [1.82, 2.24) is 5.32 Å². The molecule has 21 heavy (non-hydrogen) atoms. The van der Waals surface area contributed by atoms with Crippen LogP contribution in [-0.2, 0) is 9.59 Å². The van der Waals surface area contributed by atoms with Crippen molar-refractivity contribution < 1.29 is 9.59 Å². The zero-order valence-corrected chi connectivity index (χ0v) is 12.9. The Kier molecular flexibility index (Phi) is 4.83. The van der Waals surface area contributed by atoms with Gasteiger partial charge in [-0.1, -0.05) is 0 Å². The number of nitrogens with zero attached hydrogens (tertiary/aromatic N) is 2. The van der Waals surface area contributed by atoms with Crippen LogP contribution < -0.4 is 15.1 Å². The predicted octanol–water partition coefficient (Wildman–Crippen LogP) is 1.69. The molecule has 5 heteroatoms. The quantitative estimate of drug-likeness (QED) is 0.811. The maximum absolute atomic E-state index is 11.3. The van der Waals surface area contributed by atoms with Crippen LogP contribution in [0.1, 0.15) is 25.3 Å². The smallest absolute Gasteiger partial charge is 0.221 e. The van der Waals surface area contributed by atoms with E-state index in [1.165, 1.54) is 12.1 Å². The summed E-state index contributed by atoms with van der Waals surface area (Å²) in [5.41, 5.74) is 3.23. The number of carbonyl (C=O) groups is 2. The molecule has 0 spiro atoms. The Labute approximate surface area is 125 Å². The Morgan fingerprint density at radius 2 is 2.29 bits per heavy atom. The summed E-state index contributed by atoms with van der Waals surface area (Å²) in [5, 5.41) is 2.56. The average Bonchev–Trinajstić information content (AvgIpc) is 2.48. The standard InChI is InChI=1S/C16H23N3O2/c1-12-10-14(18(11-20)8-7-16(21)17-3)4-5-15(12)19-9-6-13(19)2/h4-5,10-11,13H,6-9H2,1-3H3,(H,17,21). The van der Waals surface area contributed by atoms with Crippen molar-refractivity contribution >= 4 is 23.7 Å². The molecule has 1 saturated heterocycles. The number of benzene rings is 1. The highest BCUT2D eigenvalue weighted by Crippen LogP contribution is 2.31. The second-order valence-electron chi connectivity index (χ2n) is 5.52. The zero-order valence-electron chi connectivity index (χ0n) is 12.9. The van der Waals surface area contributed by atoms with E-state index in [2.05, 4.69) is 30.1 Å². The zero-order chi connectivity index (χ0) is 15.4. The molecule has 1 aromatic rings. The van der Waals surface area contributed by atoms with Gasteiger partial charge in [0.15, 0.2) is 0 Å². The Morgan fingerprint density at radius 3 is 2.76 bits per heavy atom. The van der Waals surface area contributed by atoms with Gasteiger partial charge in [0.2, 0.25) is 12.3 Å². The molecular weight excluding hydrogens is 266 g/mol. The van der Waals surface area contributed by atoms with Crippen molar-refractivity contribution in [2.24, 2.45) is 0 Å². The van der Waals surface area contributed by atoms with Crippen LogP contribution in [0.3, 0.4) is 0 Å². The molecular formula is C16H23N3O2. The van der Waals surface area contributed by atoms with E-state index < -0.39 is 0 Å². The highest BCUT2D eigenvalue weighted by molar-refractivity contribution is 5.80. The summed E-state index contributed by atoms with van der Waals surface area (Å²) in [6.07, 6.45) is 2.32. The van der Waals surface area contributed by atoms with E-state index in [9.17, 15) is 9.59 Å². The summed E-state index contributed by atoms with van der Waals surface area (Å²) >= 11 is 0. The molecule has 1 N–H and O–H groups in total. The fraction of sp³-hybridized carbons (Fsp3) is 0.500. The molecule has 0 aliphatic carbocycles. The van der Waals surface area contributed by atoms with Crippen LogP contribution in [0.4, 0.5) is 11.4 Å². The van der Waals surface area contributed by atoms with Crippen LogP contribution in [0, 0.1) is 6.92 Å². The molecule has 1 atom stereocenters. The first kappa shape index (κ1) is 15.4. The number of anilines is 2. The SMILES string of the molecule is CNC(=O)CCN(C=O)c1ccc(N2CCC2C)c(C)c1. The minimum absolute atomic E-state index is 0.0652. The van der Waals surface area contributed by atoms with E-state index in [0.717, 1.165) is 24.2 Å². The molecule has 5 nitrogen and oxygen atoms in total. The van der Waals surface area contributed by atoms with Crippen molar-refractivity contribution in [1.29, 1.82) is 0 Å². The van der Waals surface area contributed by atoms with E-state index >= 15 is 0 Å². The Balaban J connectivity index is 2.10. The minimum Gasteiger partial charge on any atom is -0.368 e. The number of hydrogen-bond donors (Lipinski definition) is 1. The van der Waals surface area contributed by atoms with E-state index in [0.29, 0.717) is 19.0 Å². The highest BCUT2D eigenvalue weighted by atomic mass is 16.2. The van der Waals surface area contributed by atoms with Crippen LogP contribution in [0.5, 0.6) is 0 Å². The van der Waals surface area contributed by atoms with Crippen molar-refractivity contribution in [2.75, 3.05) is 29.9 Å². The van der Waals surface area contributed by atoms with Gasteiger partial charge in [-0.3, -0.25) is 9.59 Å². The van der Waals surface area contributed by atoms with Crippen molar-refractivity contribution in [3.8, 4) is 0 Å². The van der Waals surface area contributed by atoms with Gasteiger partial charge in [-0.05, 0) is 44.0 Å². The average molecular weight is 289 g/mol. The van der Waals surface area contributed by atoms with E-state index in [1.807, 2.05) is 12.1 Å². The Morgan fingerprint density at radius 1 is 1.52 bits per heavy atom. The lowest BCUT2D eigenvalue weighted by atomic mass is 10.0. The number of amides is 2. The fourth-order valence-electron chi connectivity index (χ4n) is 2.60. The van der Waals surface area contributed by atoms with E-state index in [-0.39, 0.29) is 5.91 Å². The molecule has 2 rings (SSSR count). The summed E-state index contributed by atoms with van der Waals surface area (Å²) in [6.45, 7) is 5.76. The Hall–Kier alpha value is -2.04. The van der Waals surface area contributed by atoms with E-state index in [1.54, 1.807) is 11.9 Å². The number of aryl methyl sites for hydroxylation is 1. The fourth-order valence-corrected chi connectivity index (χ4v) is 2.60. The molecule has 2 amide bonds. The lowest BCUT2D eigenvalue weighted by Gasteiger charge is -2.41. The van der Waals surface area contributed by atoms with Gasteiger partial charge in [0.05, 0.1) is 0 Å². The van der Waals surface area contributed by atoms with Crippen LogP contribution in [0.15, 0.2) is 18.2 Å². The van der Waals surface area contributed by atoms with Gasteiger partial charge in [-0.15, -0.1) is 0 Å². The predicted molar refractivity (Wildman–Crippen MR) is 84.7 cm³/mol. The molecule has 1 aliphatic heterocycles. The summed E-state index contributed by atoms with van der Waals surface area (Å²) in [4.78, 5) is 26.5.